The van der Waals surface area contributed by atoms with Gasteiger partial charge in [0, 0.05) is 18.5 Å². The number of amides is 2. The number of methoxy groups -OCH3 is 1. The Morgan fingerprint density at radius 3 is 2.83 bits per heavy atom. The summed E-state index contributed by atoms with van der Waals surface area (Å²) in [5.41, 5.74) is 1.21. The average molecular weight is 412 g/mol. The molecule has 0 saturated carbocycles. The van der Waals surface area contributed by atoms with Crippen LogP contribution in [0.4, 0.5) is 0 Å². The first kappa shape index (κ1) is 21.7. The molecule has 1 aliphatic heterocycles. The van der Waals surface area contributed by atoms with Gasteiger partial charge in [-0.25, -0.2) is 0 Å². The zero-order chi connectivity index (χ0) is 21.3. The van der Waals surface area contributed by atoms with Gasteiger partial charge in [-0.05, 0) is 75.9 Å². The number of carbonyl (C=O) groups is 2. The summed E-state index contributed by atoms with van der Waals surface area (Å²) in [5, 5.41) is 13.7. The van der Waals surface area contributed by atoms with Crippen molar-refractivity contribution in [1.82, 2.24) is 25.7 Å². The topological polar surface area (TPSA) is 99.4 Å². The lowest BCUT2D eigenvalue weighted by Crippen LogP contribution is -2.39. The maximum atomic E-state index is 12.6. The van der Waals surface area contributed by atoms with Crippen LogP contribution in [-0.4, -0.2) is 66.7 Å². The molecule has 1 aromatic heterocycles. The van der Waals surface area contributed by atoms with Crippen LogP contribution in [0.5, 0.6) is 5.75 Å². The van der Waals surface area contributed by atoms with E-state index in [-0.39, 0.29) is 11.8 Å². The molecule has 8 heteroatoms. The predicted molar refractivity (Wildman–Crippen MR) is 115 cm³/mol. The van der Waals surface area contributed by atoms with Crippen LogP contribution in [0, 0.1) is 17.8 Å². The van der Waals surface area contributed by atoms with Gasteiger partial charge < -0.3 is 20.3 Å². The first-order chi connectivity index (χ1) is 14.6. The first-order valence-electron chi connectivity index (χ1n) is 10.3. The fourth-order valence-corrected chi connectivity index (χ4v) is 3.69. The molecule has 0 atom stereocenters. The van der Waals surface area contributed by atoms with E-state index in [2.05, 4.69) is 37.6 Å². The molecule has 8 nitrogen and oxygen atoms in total. The van der Waals surface area contributed by atoms with Crippen molar-refractivity contribution in [2.45, 2.75) is 26.2 Å². The van der Waals surface area contributed by atoms with E-state index in [9.17, 15) is 9.59 Å². The van der Waals surface area contributed by atoms with Crippen LogP contribution in [0.1, 0.15) is 36.7 Å². The Kier molecular flexibility index (Phi) is 7.69. The van der Waals surface area contributed by atoms with Crippen molar-refractivity contribution >= 4 is 22.7 Å². The highest BCUT2D eigenvalue weighted by molar-refractivity contribution is 6.05. The highest BCUT2D eigenvalue weighted by Crippen LogP contribution is 2.22. The summed E-state index contributed by atoms with van der Waals surface area (Å²) in [5.74, 6) is 5.85. The van der Waals surface area contributed by atoms with Crippen LogP contribution < -0.4 is 15.4 Å². The molecule has 30 heavy (non-hydrogen) atoms. The van der Waals surface area contributed by atoms with E-state index >= 15 is 0 Å². The van der Waals surface area contributed by atoms with Gasteiger partial charge in [-0.2, -0.15) is 5.10 Å². The number of ether oxygens (including phenoxy) is 1. The van der Waals surface area contributed by atoms with Gasteiger partial charge in [0.05, 0.1) is 12.6 Å². The number of hydrogen-bond acceptors (Lipinski definition) is 5. The molecular weight excluding hydrogens is 382 g/mol. The van der Waals surface area contributed by atoms with E-state index in [0.717, 1.165) is 49.8 Å². The molecule has 1 fully saturated rings. The molecule has 0 spiro atoms. The van der Waals surface area contributed by atoms with Crippen molar-refractivity contribution < 1.29 is 14.3 Å². The minimum atomic E-state index is -0.213. The van der Waals surface area contributed by atoms with Crippen molar-refractivity contribution in [3.63, 3.8) is 0 Å². The fourth-order valence-electron chi connectivity index (χ4n) is 3.69. The largest absolute Gasteiger partial charge is 0.497 e. The van der Waals surface area contributed by atoms with Gasteiger partial charge >= 0.3 is 0 Å². The summed E-state index contributed by atoms with van der Waals surface area (Å²) in [6.07, 6.45) is 3.00. The second kappa shape index (κ2) is 10.6. The molecule has 3 N–H and O–H groups in total. The van der Waals surface area contributed by atoms with Crippen molar-refractivity contribution in [2.24, 2.45) is 5.92 Å². The normalized spacial score (nSPS) is 14.7. The lowest BCUT2D eigenvalue weighted by molar-refractivity contribution is -0.115. The smallest absolute Gasteiger partial charge is 0.295 e. The number of hydrogen-bond donors (Lipinski definition) is 3. The summed E-state index contributed by atoms with van der Waals surface area (Å²) in [6, 6.07) is 5.52. The van der Waals surface area contributed by atoms with E-state index in [4.69, 9.17) is 4.74 Å². The molecule has 3 rings (SSSR count). The second-order valence-corrected chi connectivity index (χ2v) is 7.46. The third-order valence-electron chi connectivity index (χ3n) is 5.42. The molecule has 2 amide bonds. The van der Waals surface area contributed by atoms with Crippen LogP contribution in [0.25, 0.3) is 10.9 Å². The van der Waals surface area contributed by atoms with E-state index < -0.39 is 0 Å². The zero-order valence-electron chi connectivity index (χ0n) is 17.6. The molecule has 0 aliphatic carbocycles. The number of likely N-dealkylation sites (tertiary alicyclic amines) is 1. The molecule has 0 bridgehead atoms. The Bertz CT molecular complexity index is 935. The van der Waals surface area contributed by atoms with Crippen molar-refractivity contribution in [1.29, 1.82) is 0 Å². The summed E-state index contributed by atoms with van der Waals surface area (Å²) >= 11 is 0. The van der Waals surface area contributed by atoms with Crippen LogP contribution in [0.2, 0.25) is 0 Å². The maximum absolute atomic E-state index is 12.6. The molecule has 0 radical (unpaired) electrons. The van der Waals surface area contributed by atoms with Crippen LogP contribution in [-0.2, 0) is 4.79 Å². The van der Waals surface area contributed by atoms with E-state index in [0.29, 0.717) is 30.5 Å². The molecule has 2 heterocycles. The Morgan fingerprint density at radius 2 is 2.10 bits per heavy atom. The van der Waals surface area contributed by atoms with Gasteiger partial charge in [0.25, 0.3) is 11.8 Å². The van der Waals surface area contributed by atoms with Crippen LogP contribution >= 0.6 is 0 Å². The molecular formula is C22H29N5O3. The quantitative estimate of drug-likeness (QED) is 0.452. The van der Waals surface area contributed by atoms with Gasteiger partial charge in [-0.15, -0.1) is 0 Å². The standard InChI is InChI=1S/C22H29N5O3/c1-3-5-20(28)23-10-4-11-27-12-8-16(9-13-27)15-24-22(29)21-18-14-17(30-2)6-7-19(18)25-26-21/h6-7,14,16H,4,8-13,15H2,1-2H3,(H,23,28)(H,24,29)(H,25,26). The lowest BCUT2D eigenvalue weighted by atomic mass is 9.96. The number of piperidine rings is 1. The van der Waals surface area contributed by atoms with Gasteiger partial charge in [0.15, 0.2) is 5.69 Å². The predicted octanol–water partition coefficient (Wildman–Crippen LogP) is 1.54. The number of carbonyl (C=O) groups excluding carboxylic acids is 2. The summed E-state index contributed by atoms with van der Waals surface area (Å²) in [4.78, 5) is 26.3. The van der Waals surface area contributed by atoms with Gasteiger partial charge in [-0.3, -0.25) is 14.7 Å². The highest BCUT2D eigenvalue weighted by Gasteiger charge is 2.21. The minimum absolute atomic E-state index is 0.164. The number of rotatable bonds is 8. The Hall–Kier alpha value is -3.05. The van der Waals surface area contributed by atoms with Crippen LogP contribution in [0.3, 0.4) is 0 Å². The van der Waals surface area contributed by atoms with Crippen molar-refractivity contribution in [3.05, 3.63) is 23.9 Å². The molecule has 2 aromatic rings. The Balaban J connectivity index is 1.39. The first-order valence-corrected chi connectivity index (χ1v) is 10.3. The number of fused-ring (bicyclic) bond motifs is 1. The number of nitrogens with zero attached hydrogens (tertiary/aromatic N) is 2. The third-order valence-corrected chi connectivity index (χ3v) is 5.42. The number of aromatic amines is 1. The molecule has 1 aliphatic rings. The van der Waals surface area contributed by atoms with E-state index in [1.165, 1.54) is 0 Å². The third kappa shape index (κ3) is 5.74. The summed E-state index contributed by atoms with van der Waals surface area (Å²) < 4.78 is 5.24. The van der Waals surface area contributed by atoms with Gasteiger partial charge in [0.2, 0.25) is 0 Å². The maximum Gasteiger partial charge on any atom is 0.295 e. The van der Waals surface area contributed by atoms with E-state index in [1.54, 1.807) is 14.0 Å². The molecule has 1 saturated heterocycles. The SMILES string of the molecule is CC#CC(=O)NCCCN1CCC(CNC(=O)c2n[nH]c3ccc(OC)cc23)CC1. The van der Waals surface area contributed by atoms with Gasteiger partial charge in [0.1, 0.15) is 5.75 Å². The molecule has 1 aromatic carbocycles. The summed E-state index contributed by atoms with van der Waals surface area (Å²) in [6.45, 7) is 5.92. The lowest BCUT2D eigenvalue weighted by Gasteiger charge is -2.31. The highest BCUT2D eigenvalue weighted by atomic mass is 16.5. The number of nitrogens with one attached hydrogen (secondary N) is 3. The van der Waals surface area contributed by atoms with E-state index in [1.807, 2.05) is 18.2 Å². The molecule has 0 unspecified atom stereocenters. The molecule has 160 valence electrons. The van der Waals surface area contributed by atoms with Gasteiger partial charge in [-0.1, -0.05) is 5.92 Å². The Morgan fingerprint density at radius 1 is 1.30 bits per heavy atom. The fraction of sp³-hybridized carbons (Fsp3) is 0.500. The van der Waals surface area contributed by atoms with Crippen LogP contribution in [0.15, 0.2) is 18.2 Å². The monoisotopic (exact) mass is 411 g/mol. The Labute approximate surface area is 176 Å². The number of H-pyrrole nitrogens is 1. The number of aromatic nitrogens is 2. The zero-order valence-corrected chi connectivity index (χ0v) is 17.6. The number of benzene rings is 1. The van der Waals surface area contributed by atoms with Crippen molar-refractivity contribution in [3.8, 4) is 17.6 Å². The minimum Gasteiger partial charge on any atom is -0.497 e. The van der Waals surface area contributed by atoms with Crippen molar-refractivity contribution in [2.75, 3.05) is 39.8 Å². The average Bonchev–Trinajstić information content (AvgIpc) is 3.19. The second-order valence-electron chi connectivity index (χ2n) is 7.46. The summed E-state index contributed by atoms with van der Waals surface area (Å²) in [7, 11) is 1.60.